The molecule has 3 N–H and O–H groups in total. The molecule has 78 valence electrons. The van der Waals surface area contributed by atoms with Crippen LogP contribution in [0.1, 0.15) is 18.5 Å². The summed E-state index contributed by atoms with van der Waals surface area (Å²) in [6, 6.07) is 0. The van der Waals surface area contributed by atoms with Gasteiger partial charge in [0.2, 0.25) is 5.91 Å². The van der Waals surface area contributed by atoms with Crippen LogP contribution in [-0.4, -0.2) is 22.0 Å². The van der Waals surface area contributed by atoms with E-state index in [1.807, 2.05) is 17.8 Å². The average Bonchev–Trinajstić information content (AvgIpc) is 2.51. The fourth-order valence-electron chi connectivity index (χ4n) is 1.16. The maximum atomic E-state index is 10.4. The van der Waals surface area contributed by atoms with Crippen molar-refractivity contribution in [3.05, 3.63) is 18.2 Å². The molecule has 0 atom stereocenters. The molecule has 0 aliphatic carbocycles. The second-order valence-corrected chi connectivity index (χ2v) is 3.24. The van der Waals surface area contributed by atoms with Gasteiger partial charge in [-0.05, 0) is 13.0 Å². The summed E-state index contributed by atoms with van der Waals surface area (Å²) in [4.78, 5) is 14.4. The van der Waals surface area contributed by atoms with E-state index in [-0.39, 0.29) is 5.91 Å². The minimum absolute atomic E-state index is 0.243. The number of hydrogen-bond donors (Lipinski definition) is 2. The maximum Gasteiger partial charge on any atom is 0.217 e. The Hall–Kier alpha value is -1.36. The first-order chi connectivity index (χ1) is 6.70. The van der Waals surface area contributed by atoms with Gasteiger partial charge in [-0.1, -0.05) is 0 Å². The fourth-order valence-corrected chi connectivity index (χ4v) is 1.16. The monoisotopic (exact) mass is 196 g/mol. The zero-order valence-corrected chi connectivity index (χ0v) is 8.36. The number of amides is 1. The Kier molecular flexibility index (Phi) is 4.12. The smallest absolute Gasteiger partial charge is 0.217 e. The van der Waals surface area contributed by atoms with Crippen LogP contribution < -0.4 is 11.1 Å². The average molecular weight is 196 g/mol. The molecular formula is C9H16N4O. The Labute approximate surface area is 83.3 Å². The zero-order valence-electron chi connectivity index (χ0n) is 8.36. The van der Waals surface area contributed by atoms with E-state index in [2.05, 4.69) is 10.3 Å². The summed E-state index contributed by atoms with van der Waals surface area (Å²) in [5.41, 5.74) is 6.14. The minimum Gasteiger partial charge on any atom is -0.370 e. The Balaban J connectivity index is 2.10. The summed E-state index contributed by atoms with van der Waals surface area (Å²) in [5, 5.41) is 3.22. The predicted molar refractivity (Wildman–Crippen MR) is 53.3 cm³/mol. The van der Waals surface area contributed by atoms with Crippen LogP contribution in [0.4, 0.5) is 0 Å². The molecular weight excluding hydrogens is 180 g/mol. The first-order valence-electron chi connectivity index (χ1n) is 4.64. The number of hydrogen-bond acceptors (Lipinski definition) is 3. The Morgan fingerprint density at radius 2 is 2.50 bits per heavy atom. The maximum absolute atomic E-state index is 10.4. The molecule has 14 heavy (non-hydrogen) atoms. The Morgan fingerprint density at radius 3 is 3.07 bits per heavy atom. The highest BCUT2D eigenvalue weighted by Gasteiger charge is 1.97. The van der Waals surface area contributed by atoms with Crippen LogP contribution in [0.3, 0.4) is 0 Å². The summed E-state index contributed by atoms with van der Waals surface area (Å²) in [6.45, 7) is 1.57. The molecule has 0 bridgehead atoms. The predicted octanol–water partition coefficient (Wildman–Crippen LogP) is -0.225. The quantitative estimate of drug-likeness (QED) is 0.617. The molecule has 0 saturated carbocycles. The Morgan fingerprint density at radius 1 is 1.71 bits per heavy atom. The van der Waals surface area contributed by atoms with Gasteiger partial charge in [0, 0.05) is 26.2 Å². The lowest BCUT2D eigenvalue weighted by Crippen LogP contribution is -2.19. The third-order valence-corrected chi connectivity index (χ3v) is 2.00. The lowest BCUT2D eigenvalue weighted by Gasteiger charge is -2.03. The van der Waals surface area contributed by atoms with Crippen molar-refractivity contribution >= 4 is 5.91 Å². The SMILES string of the molecule is Cn1cncc1CNCCCC(N)=O. The summed E-state index contributed by atoms with van der Waals surface area (Å²) >= 11 is 0. The molecule has 0 aliphatic rings. The number of carbonyl (C=O) groups is 1. The number of primary amides is 1. The summed E-state index contributed by atoms with van der Waals surface area (Å²) in [6.07, 6.45) is 4.81. The lowest BCUT2D eigenvalue weighted by molar-refractivity contribution is -0.118. The van der Waals surface area contributed by atoms with Crippen LogP contribution in [0.2, 0.25) is 0 Å². The van der Waals surface area contributed by atoms with Crippen LogP contribution in [0.25, 0.3) is 0 Å². The van der Waals surface area contributed by atoms with Gasteiger partial charge in [0.1, 0.15) is 0 Å². The van der Waals surface area contributed by atoms with E-state index in [1.165, 1.54) is 0 Å². The number of nitrogens with zero attached hydrogens (tertiary/aromatic N) is 2. The number of aromatic nitrogens is 2. The first kappa shape index (κ1) is 10.7. The van der Waals surface area contributed by atoms with E-state index in [9.17, 15) is 4.79 Å². The first-order valence-corrected chi connectivity index (χ1v) is 4.64. The number of nitrogens with one attached hydrogen (secondary N) is 1. The van der Waals surface area contributed by atoms with Crippen molar-refractivity contribution in [2.24, 2.45) is 12.8 Å². The van der Waals surface area contributed by atoms with Gasteiger partial charge in [-0.2, -0.15) is 0 Å². The minimum atomic E-state index is -0.243. The molecule has 0 aliphatic heterocycles. The molecule has 1 aromatic heterocycles. The van der Waals surface area contributed by atoms with Crippen molar-refractivity contribution < 1.29 is 4.79 Å². The van der Waals surface area contributed by atoms with Gasteiger partial charge >= 0.3 is 0 Å². The van der Waals surface area contributed by atoms with Crippen LogP contribution in [0, 0.1) is 0 Å². The third kappa shape index (κ3) is 3.57. The fraction of sp³-hybridized carbons (Fsp3) is 0.556. The van der Waals surface area contributed by atoms with Gasteiger partial charge in [0.25, 0.3) is 0 Å². The van der Waals surface area contributed by atoms with E-state index in [0.29, 0.717) is 6.42 Å². The highest BCUT2D eigenvalue weighted by Crippen LogP contribution is 1.95. The molecule has 5 heteroatoms. The highest BCUT2D eigenvalue weighted by molar-refractivity contribution is 5.73. The molecule has 0 saturated heterocycles. The van der Waals surface area contributed by atoms with Gasteiger partial charge in [-0.25, -0.2) is 4.98 Å². The van der Waals surface area contributed by atoms with Crippen molar-refractivity contribution in [1.82, 2.24) is 14.9 Å². The number of rotatable bonds is 6. The molecule has 0 spiro atoms. The summed E-state index contributed by atoms with van der Waals surface area (Å²) in [7, 11) is 1.95. The van der Waals surface area contributed by atoms with E-state index >= 15 is 0 Å². The molecule has 1 amide bonds. The largest absolute Gasteiger partial charge is 0.370 e. The number of imidazole rings is 1. The van der Waals surface area contributed by atoms with Crippen molar-refractivity contribution in [3.63, 3.8) is 0 Å². The van der Waals surface area contributed by atoms with Gasteiger partial charge < -0.3 is 15.6 Å². The van der Waals surface area contributed by atoms with Crippen molar-refractivity contribution in [1.29, 1.82) is 0 Å². The van der Waals surface area contributed by atoms with Gasteiger partial charge in [-0.15, -0.1) is 0 Å². The molecule has 1 heterocycles. The second-order valence-electron chi connectivity index (χ2n) is 3.24. The summed E-state index contributed by atoms with van der Waals surface area (Å²) < 4.78 is 1.96. The number of nitrogens with two attached hydrogens (primary N) is 1. The highest BCUT2D eigenvalue weighted by atomic mass is 16.1. The van der Waals surface area contributed by atoms with Crippen molar-refractivity contribution in [2.75, 3.05) is 6.54 Å². The molecule has 0 unspecified atom stereocenters. The number of aryl methyl sites for hydroxylation is 1. The van der Waals surface area contributed by atoms with Gasteiger partial charge in [0.05, 0.1) is 12.0 Å². The van der Waals surface area contributed by atoms with Crippen LogP contribution in [-0.2, 0) is 18.4 Å². The standard InChI is InChI=1S/C9H16N4O/c1-13-7-12-6-8(13)5-11-4-2-3-9(10)14/h6-7,11H,2-5H2,1H3,(H2,10,14). The van der Waals surface area contributed by atoms with Crippen molar-refractivity contribution in [3.8, 4) is 0 Å². The summed E-state index contributed by atoms with van der Waals surface area (Å²) in [5.74, 6) is -0.243. The molecule has 5 nitrogen and oxygen atoms in total. The zero-order chi connectivity index (χ0) is 10.4. The second kappa shape index (κ2) is 5.39. The molecule has 1 aromatic rings. The van der Waals surface area contributed by atoms with Crippen LogP contribution in [0.5, 0.6) is 0 Å². The van der Waals surface area contributed by atoms with E-state index < -0.39 is 0 Å². The van der Waals surface area contributed by atoms with Crippen molar-refractivity contribution in [2.45, 2.75) is 19.4 Å². The van der Waals surface area contributed by atoms with E-state index in [4.69, 9.17) is 5.73 Å². The van der Waals surface area contributed by atoms with E-state index in [1.54, 1.807) is 6.33 Å². The van der Waals surface area contributed by atoms with E-state index in [0.717, 1.165) is 25.2 Å². The normalized spacial score (nSPS) is 10.4. The molecule has 0 radical (unpaired) electrons. The van der Waals surface area contributed by atoms with Gasteiger partial charge in [0.15, 0.2) is 0 Å². The van der Waals surface area contributed by atoms with Crippen LogP contribution >= 0.6 is 0 Å². The molecule has 0 aromatic carbocycles. The molecule has 1 rings (SSSR count). The third-order valence-electron chi connectivity index (χ3n) is 2.00. The van der Waals surface area contributed by atoms with Crippen LogP contribution in [0.15, 0.2) is 12.5 Å². The Bertz CT molecular complexity index is 295. The molecule has 0 fully saturated rings. The topological polar surface area (TPSA) is 72.9 Å². The number of carbonyl (C=O) groups excluding carboxylic acids is 1. The lowest BCUT2D eigenvalue weighted by atomic mass is 10.3. The van der Waals surface area contributed by atoms with Gasteiger partial charge in [-0.3, -0.25) is 4.79 Å².